The van der Waals surface area contributed by atoms with Gasteiger partial charge < -0.3 is 4.90 Å². The molecule has 156 valence electrons. The minimum absolute atomic E-state index is 0.0382. The van der Waals surface area contributed by atoms with Crippen molar-refractivity contribution < 1.29 is 14.4 Å². The predicted octanol–water partition coefficient (Wildman–Crippen LogP) is 2.45. The predicted molar refractivity (Wildman–Crippen MR) is 114 cm³/mol. The Morgan fingerprint density at radius 1 is 0.933 bits per heavy atom. The molecule has 2 aromatic rings. The van der Waals surface area contributed by atoms with Crippen molar-refractivity contribution in [1.29, 1.82) is 0 Å². The van der Waals surface area contributed by atoms with Gasteiger partial charge in [-0.3, -0.25) is 24.3 Å². The Bertz CT molecular complexity index is 944. The third kappa shape index (κ3) is 4.47. The molecule has 7 nitrogen and oxygen atoms in total. The second-order valence-electron chi connectivity index (χ2n) is 7.47. The van der Waals surface area contributed by atoms with E-state index in [0.29, 0.717) is 23.8 Å². The number of hydrogen-bond donors (Lipinski definition) is 0. The Morgan fingerprint density at radius 2 is 1.67 bits per heavy atom. The quantitative estimate of drug-likeness (QED) is 0.689. The van der Waals surface area contributed by atoms with Crippen LogP contribution < -0.4 is 4.90 Å². The Balaban J connectivity index is 1.30. The van der Waals surface area contributed by atoms with Crippen molar-refractivity contribution in [3.05, 3.63) is 65.2 Å². The highest BCUT2D eigenvalue weighted by molar-refractivity contribution is 6.30. The van der Waals surface area contributed by atoms with E-state index in [9.17, 15) is 14.4 Å². The molecule has 4 amide bonds. The van der Waals surface area contributed by atoms with E-state index in [1.807, 2.05) is 42.5 Å². The van der Waals surface area contributed by atoms with E-state index in [2.05, 4.69) is 4.90 Å². The largest absolute Gasteiger partial charge is 0.339 e. The van der Waals surface area contributed by atoms with Crippen molar-refractivity contribution in [1.82, 2.24) is 14.7 Å². The van der Waals surface area contributed by atoms with E-state index < -0.39 is 6.03 Å². The fourth-order valence-electron chi connectivity index (χ4n) is 3.79. The van der Waals surface area contributed by atoms with Gasteiger partial charge in [0.2, 0.25) is 5.91 Å². The summed E-state index contributed by atoms with van der Waals surface area (Å²) in [6.45, 7) is 3.12. The number of amides is 4. The zero-order chi connectivity index (χ0) is 21.1. The van der Waals surface area contributed by atoms with Crippen LogP contribution in [0.15, 0.2) is 54.6 Å². The fourth-order valence-corrected chi connectivity index (χ4v) is 4.00. The van der Waals surface area contributed by atoms with Gasteiger partial charge >= 0.3 is 6.03 Å². The summed E-state index contributed by atoms with van der Waals surface area (Å²) in [6, 6.07) is 16.3. The summed E-state index contributed by atoms with van der Waals surface area (Å²) in [4.78, 5) is 44.2. The van der Waals surface area contributed by atoms with Crippen LogP contribution in [0.4, 0.5) is 10.5 Å². The molecule has 8 heteroatoms. The lowest BCUT2D eigenvalue weighted by Crippen LogP contribution is -2.51. The van der Waals surface area contributed by atoms with Crippen molar-refractivity contribution in [2.24, 2.45) is 0 Å². The van der Waals surface area contributed by atoms with Crippen LogP contribution in [0.5, 0.6) is 0 Å². The van der Waals surface area contributed by atoms with E-state index in [1.54, 1.807) is 17.0 Å². The Hall–Kier alpha value is -2.90. The second kappa shape index (κ2) is 8.85. The maximum Gasteiger partial charge on any atom is 0.332 e. The number of para-hydroxylation sites is 1. The molecule has 0 atom stereocenters. The Morgan fingerprint density at radius 3 is 2.37 bits per heavy atom. The number of rotatable bonds is 5. The highest BCUT2D eigenvalue weighted by Gasteiger charge is 2.38. The van der Waals surface area contributed by atoms with Crippen LogP contribution in [0.2, 0.25) is 5.02 Å². The lowest BCUT2D eigenvalue weighted by molar-refractivity contribution is -0.137. The van der Waals surface area contributed by atoms with E-state index in [4.69, 9.17) is 11.6 Å². The monoisotopic (exact) mass is 426 g/mol. The number of imide groups is 1. The van der Waals surface area contributed by atoms with Gasteiger partial charge in [0.15, 0.2) is 0 Å². The topological polar surface area (TPSA) is 64.2 Å². The number of urea groups is 1. The van der Waals surface area contributed by atoms with Gasteiger partial charge in [-0.25, -0.2) is 4.79 Å². The molecule has 2 heterocycles. The maximum atomic E-state index is 12.7. The zero-order valence-corrected chi connectivity index (χ0v) is 17.3. The molecule has 2 aliphatic heterocycles. The molecule has 30 heavy (non-hydrogen) atoms. The number of nitrogens with zero attached hydrogens (tertiary/aromatic N) is 4. The molecule has 2 aromatic carbocycles. The molecule has 2 aliphatic rings. The number of halogens is 1. The first-order valence-electron chi connectivity index (χ1n) is 9.93. The second-order valence-corrected chi connectivity index (χ2v) is 7.91. The van der Waals surface area contributed by atoms with E-state index in [0.717, 1.165) is 30.1 Å². The molecule has 2 saturated heterocycles. The molecule has 0 N–H and O–H groups in total. The SMILES string of the molecule is O=C(CN1C(=O)CN(c2ccccc2)C1=O)N1CCN(Cc2cccc(Cl)c2)CC1. The summed E-state index contributed by atoms with van der Waals surface area (Å²) >= 11 is 6.05. The van der Waals surface area contributed by atoms with Crippen LogP contribution in [0.25, 0.3) is 0 Å². The first-order chi connectivity index (χ1) is 14.5. The molecule has 0 radical (unpaired) electrons. The van der Waals surface area contributed by atoms with Crippen molar-refractivity contribution >= 4 is 35.1 Å². The van der Waals surface area contributed by atoms with Crippen molar-refractivity contribution in [2.45, 2.75) is 6.54 Å². The van der Waals surface area contributed by atoms with E-state index >= 15 is 0 Å². The summed E-state index contributed by atoms with van der Waals surface area (Å²) < 4.78 is 0. The van der Waals surface area contributed by atoms with Crippen LogP contribution in [0.1, 0.15) is 5.56 Å². The Kier molecular flexibility index (Phi) is 6.01. The van der Waals surface area contributed by atoms with Gasteiger partial charge in [-0.1, -0.05) is 41.9 Å². The maximum absolute atomic E-state index is 12.7. The number of benzene rings is 2. The number of carbonyl (C=O) groups excluding carboxylic acids is 3. The number of piperazine rings is 1. The molecule has 2 fully saturated rings. The third-order valence-corrected chi connectivity index (χ3v) is 5.67. The van der Waals surface area contributed by atoms with Crippen molar-refractivity contribution in [2.75, 3.05) is 44.2 Å². The minimum atomic E-state index is -0.445. The van der Waals surface area contributed by atoms with Crippen LogP contribution in [-0.2, 0) is 16.1 Å². The summed E-state index contributed by atoms with van der Waals surface area (Å²) in [5.41, 5.74) is 1.79. The standard InChI is InChI=1S/C22H23ClN4O3/c23-18-6-4-5-17(13-18)14-24-9-11-25(12-10-24)20(28)15-27-21(29)16-26(22(27)30)19-7-2-1-3-8-19/h1-8,13H,9-12,14-16H2. The van der Waals surface area contributed by atoms with E-state index in [-0.39, 0.29) is 24.9 Å². The molecular formula is C22H23ClN4O3. The molecule has 0 saturated carbocycles. The first kappa shape index (κ1) is 20.4. The average Bonchev–Trinajstić information content (AvgIpc) is 3.03. The van der Waals surface area contributed by atoms with Crippen LogP contribution in [0.3, 0.4) is 0 Å². The molecule has 0 aliphatic carbocycles. The molecule has 0 bridgehead atoms. The smallest absolute Gasteiger partial charge is 0.332 e. The fraction of sp³-hybridized carbons (Fsp3) is 0.318. The lowest BCUT2D eigenvalue weighted by Gasteiger charge is -2.35. The Labute approximate surface area is 180 Å². The lowest BCUT2D eigenvalue weighted by atomic mass is 10.2. The third-order valence-electron chi connectivity index (χ3n) is 5.44. The van der Waals surface area contributed by atoms with Crippen molar-refractivity contribution in [3.63, 3.8) is 0 Å². The van der Waals surface area contributed by atoms with Gasteiger partial charge in [-0.15, -0.1) is 0 Å². The van der Waals surface area contributed by atoms with Gasteiger partial charge in [0.25, 0.3) is 5.91 Å². The first-order valence-corrected chi connectivity index (χ1v) is 10.3. The number of carbonyl (C=O) groups is 3. The van der Waals surface area contributed by atoms with Gasteiger partial charge in [0.1, 0.15) is 13.1 Å². The minimum Gasteiger partial charge on any atom is -0.339 e. The molecule has 0 spiro atoms. The summed E-state index contributed by atoms with van der Waals surface area (Å²) in [5.74, 6) is -0.550. The van der Waals surface area contributed by atoms with Gasteiger partial charge in [0.05, 0.1) is 0 Å². The van der Waals surface area contributed by atoms with Gasteiger partial charge in [-0.05, 0) is 29.8 Å². The molecular weight excluding hydrogens is 404 g/mol. The van der Waals surface area contributed by atoms with Gasteiger partial charge in [-0.2, -0.15) is 0 Å². The molecule has 4 rings (SSSR count). The number of anilines is 1. The van der Waals surface area contributed by atoms with Crippen LogP contribution in [-0.4, -0.2) is 71.8 Å². The van der Waals surface area contributed by atoms with E-state index in [1.165, 1.54) is 4.90 Å². The number of hydrogen-bond acceptors (Lipinski definition) is 4. The van der Waals surface area contributed by atoms with Crippen LogP contribution >= 0.6 is 11.6 Å². The zero-order valence-electron chi connectivity index (χ0n) is 16.5. The summed E-state index contributed by atoms with van der Waals surface area (Å²) in [5, 5.41) is 0.714. The van der Waals surface area contributed by atoms with Gasteiger partial charge in [0, 0.05) is 43.4 Å². The summed E-state index contributed by atoms with van der Waals surface area (Å²) in [6.07, 6.45) is 0. The highest BCUT2D eigenvalue weighted by Crippen LogP contribution is 2.21. The molecule has 0 aromatic heterocycles. The average molecular weight is 427 g/mol. The summed E-state index contributed by atoms with van der Waals surface area (Å²) in [7, 11) is 0. The normalized spacial score (nSPS) is 17.7. The highest BCUT2D eigenvalue weighted by atomic mass is 35.5. The van der Waals surface area contributed by atoms with Crippen LogP contribution in [0, 0.1) is 0 Å². The van der Waals surface area contributed by atoms with Crippen molar-refractivity contribution in [3.8, 4) is 0 Å². The molecule has 0 unspecified atom stereocenters.